The Morgan fingerprint density at radius 3 is 2.71 bits per heavy atom. The van der Waals surface area contributed by atoms with Crippen molar-refractivity contribution in [2.45, 2.75) is 32.9 Å². The Morgan fingerprint density at radius 1 is 1.21 bits per heavy atom. The number of aromatic nitrogens is 4. The van der Waals surface area contributed by atoms with E-state index < -0.39 is 0 Å². The van der Waals surface area contributed by atoms with Gasteiger partial charge >= 0.3 is 0 Å². The van der Waals surface area contributed by atoms with Crippen molar-refractivity contribution in [2.24, 2.45) is 5.92 Å². The van der Waals surface area contributed by atoms with Gasteiger partial charge in [0.25, 0.3) is 0 Å². The van der Waals surface area contributed by atoms with E-state index in [0.717, 1.165) is 16.8 Å². The Morgan fingerprint density at radius 2 is 2.04 bits per heavy atom. The van der Waals surface area contributed by atoms with E-state index in [1.807, 2.05) is 16.7 Å². The minimum Gasteiger partial charge on any atom is -0.355 e. The number of nitrogens with one attached hydrogen (secondary N) is 1. The van der Waals surface area contributed by atoms with E-state index >= 15 is 0 Å². The van der Waals surface area contributed by atoms with Gasteiger partial charge in [-0.2, -0.15) is 0 Å². The maximum atomic E-state index is 12.2. The van der Waals surface area contributed by atoms with Crippen LogP contribution in [0.3, 0.4) is 0 Å². The van der Waals surface area contributed by atoms with Crippen molar-refractivity contribution in [3.05, 3.63) is 53.9 Å². The Bertz CT molecular complexity index is 953. The predicted molar refractivity (Wildman–Crippen MR) is 113 cm³/mol. The molecule has 2 aromatic heterocycles. The third-order valence-corrected chi connectivity index (χ3v) is 5.12. The van der Waals surface area contributed by atoms with Crippen LogP contribution < -0.4 is 5.32 Å². The Hall–Kier alpha value is -2.67. The third kappa shape index (κ3) is 4.78. The maximum absolute atomic E-state index is 12.2. The highest BCUT2D eigenvalue weighted by Crippen LogP contribution is 2.29. The summed E-state index contributed by atoms with van der Waals surface area (Å²) in [5.41, 5.74) is 4.20. The first-order valence-electron chi connectivity index (χ1n) is 9.28. The summed E-state index contributed by atoms with van der Waals surface area (Å²) in [6.07, 6.45) is 3.50. The summed E-state index contributed by atoms with van der Waals surface area (Å²) in [4.78, 5) is 16.4. The Balaban J connectivity index is 1.94. The first-order chi connectivity index (χ1) is 13.5. The lowest BCUT2D eigenvalue weighted by molar-refractivity contribution is -0.118. The molecule has 6 nitrogen and oxygen atoms in total. The van der Waals surface area contributed by atoms with E-state index in [-0.39, 0.29) is 5.91 Å². The summed E-state index contributed by atoms with van der Waals surface area (Å²) in [5, 5.41) is 12.4. The molecule has 0 aliphatic carbocycles. The average molecular weight is 396 g/mol. The second-order valence-electron chi connectivity index (χ2n) is 7.16. The van der Waals surface area contributed by atoms with E-state index in [0.29, 0.717) is 29.2 Å². The van der Waals surface area contributed by atoms with Gasteiger partial charge < -0.3 is 5.32 Å². The molecule has 2 heterocycles. The molecule has 146 valence electrons. The molecule has 3 rings (SSSR count). The second-order valence-corrected chi connectivity index (χ2v) is 8.10. The zero-order valence-electron chi connectivity index (χ0n) is 16.6. The zero-order valence-corrected chi connectivity index (χ0v) is 17.5. The molecule has 0 atom stereocenters. The molecule has 0 unspecified atom stereocenters. The molecule has 0 saturated heterocycles. The highest BCUT2D eigenvalue weighted by molar-refractivity contribution is 7.99. The van der Waals surface area contributed by atoms with Gasteiger partial charge in [-0.25, -0.2) is 0 Å². The smallest absolute Gasteiger partial charge is 0.230 e. The highest BCUT2D eigenvalue weighted by Gasteiger charge is 2.18. The molecular weight excluding hydrogens is 370 g/mol. The molecule has 1 N–H and O–H groups in total. The number of carbonyl (C=O) groups is 1. The van der Waals surface area contributed by atoms with Crippen LogP contribution in [0.4, 0.5) is 0 Å². The molecule has 28 heavy (non-hydrogen) atoms. The van der Waals surface area contributed by atoms with Crippen LogP contribution >= 0.6 is 11.8 Å². The summed E-state index contributed by atoms with van der Waals surface area (Å²) >= 11 is 1.39. The van der Waals surface area contributed by atoms with Crippen LogP contribution in [0, 0.1) is 19.8 Å². The van der Waals surface area contributed by atoms with Crippen molar-refractivity contribution >= 4 is 17.7 Å². The van der Waals surface area contributed by atoms with Crippen molar-refractivity contribution in [1.29, 1.82) is 0 Å². The topological polar surface area (TPSA) is 72.7 Å². The van der Waals surface area contributed by atoms with Gasteiger partial charge in [0.05, 0.1) is 11.4 Å². The highest BCUT2D eigenvalue weighted by atomic mass is 32.2. The van der Waals surface area contributed by atoms with E-state index in [4.69, 9.17) is 0 Å². The number of hydrogen-bond acceptors (Lipinski definition) is 5. The summed E-state index contributed by atoms with van der Waals surface area (Å²) in [7, 11) is 0. The van der Waals surface area contributed by atoms with Crippen LogP contribution in [0.5, 0.6) is 0 Å². The van der Waals surface area contributed by atoms with E-state index in [2.05, 4.69) is 66.4 Å². The van der Waals surface area contributed by atoms with Gasteiger partial charge in [0.2, 0.25) is 5.91 Å². The summed E-state index contributed by atoms with van der Waals surface area (Å²) in [5.74, 6) is 1.43. The molecule has 7 heteroatoms. The van der Waals surface area contributed by atoms with Crippen LogP contribution in [0.2, 0.25) is 0 Å². The number of aryl methyl sites for hydroxylation is 2. The lowest BCUT2D eigenvalue weighted by Gasteiger charge is -2.13. The number of carbonyl (C=O) groups excluding carboxylic acids is 1. The lowest BCUT2D eigenvalue weighted by atomic mass is 10.1. The number of hydrogen-bond donors (Lipinski definition) is 1. The van der Waals surface area contributed by atoms with Crippen LogP contribution in [-0.2, 0) is 4.79 Å². The standard InChI is InChI=1S/C21H25N5OS/c1-14(2)11-23-19(27)13-28-21-25-24-20(17-6-5-9-22-12-17)26(21)18-8-7-15(3)10-16(18)4/h5-10,12,14H,11,13H2,1-4H3,(H,23,27). The first kappa shape index (κ1) is 20.1. The molecule has 3 aromatic rings. The number of benzene rings is 1. The molecule has 0 radical (unpaired) electrons. The van der Waals surface area contributed by atoms with Gasteiger partial charge in [-0.1, -0.05) is 43.3 Å². The van der Waals surface area contributed by atoms with Crippen molar-refractivity contribution < 1.29 is 4.79 Å². The fourth-order valence-corrected chi connectivity index (χ4v) is 3.59. The van der Waals surface area contributed by atoms with Gasteiger partial charge in [-0.05, 0) is 43.5 Å². The van der Waals surface area contributed by atoms with E-state index in [9.17, 15) is 4.79 Å². The SMILES string of the molecule is Cc1ccc(-n2c(SCC(=O)NCC(C)C)nnc2-c2cccnc2)c(C)c1. The Kier molecular flexibility index (Phi) is 6.46. The summed E-state index contributed by atoms with van der Waals surface area (Å²) in [6.45, 7) is 8.96. The monoisotopic (exact) mass is 395 g/mol. The van der Waals surface area contributed by atoms with Crippen LogP contribution in [0.1, 0.15) is 25.0 Å². The average Bonchev–Trinajstić information content (AvgIpc) is 3.09. The molecule has 0 saturated carbocycles. The fraction of sp³-hybridized carbons (Fsp3) is 0.333. The predicted octanol–water partition coefficient (Wildman–Crippen LogP) is 3.81. The van der Waals surface area contributed by atoms with Crippen molar-refractivity contribution in [1.82, 2.24) is 25.1 Å². The number of pyridine rings is 1. The number of rotatable bonds is 7. The molecule has 0 aliphatic heterocycles. The van der Waals surface area contributed by atoms with Crippen LogP contribution in [0.25, 0.3) is 17.1 Å². The molecule has 0 fully saturated rings. The number of nitrogens with zero attached hydrogens (tertiary/aromatic N) is 4. The summed E-state index contributed by atoms with van der Waals surface area (Å²) < 4.78 is 2.01. The van der Waals surface area contributed by atoms with Crippen LogP contribution in [0.15, 0.2) is 47.9 Å². The zero-order chi connectivity index (χ0) is 20.1. The minimum absolute atomic E-state index is 0.00296. The molecule has 0 aliphatic rings. The summed E-state index contributed by atoms with van der Waals surface area (Å²) in [6, 6.07) is 10.1. The fourth-order valence-electron chi connectivity index (χ4n) is 2.82. The van der Waals surface area contributed by atoms with E-state index in [1.165, 1.54) is 17.3 Å². The molecule has 0 bridgehead atoms. The molecule has 1 amide bonds. The van der Waals surface area contributed by atoms with Gasteiger partial charge in [0, 0.05) is 24.5 Å². The second kappa shape index (κ2) is 9.01. The van der Waals surface area contributed by atoms with Gasteiger partial charge in [-0.15, -0.1) is 10.2 Å². The number of thioether (sulfide) groups is 1. The lowest BCUT2D eigenvalue weighted by Crippen LogP contribution is -2.28. The number of amides is 1. The molecule has 0 spiro atoms. The molecule has 1 aromatic carbocycles. The normalized spacial score (nSPS) is 11.0. The Labute approximate surface area is 169 Å². The van der Waals surface area contributed by atoms with Crippen molar-refractivity contribution in [3.8, 4) is 17.1 Å². The first-order valence-corrected chi connectivity index (χ1v) is 10.3. The van der Waals surface area contributed by atoms with Gasteiger partial charge in [0.1, 0.15) is 0 Å². The van der Waals surface area contributed by atoms with Gasteiger partial charge in [-0.3, -0.25) is 14.3 Å². The third-order valence-electron chi connectivity index (χ3n) is 4.19. The minimum atomic E-state index is -0.00296. The van der Waals surface area contributed by atoms with Crippen molar-refractivity contribution in [3.63, 3.8) is 0 Å². The van der Waals surface area contributed by atoms with Gasteiger partial charge in [0.15, 0.2) is 11.0 Å². The largest absolute Gasteiger partial charge is 0.355 e. The quantitative estimate of drug-likeness (QED) is 0.616. The van der Waals surface area contributed by atoms with Crippen LogP contribution in [-0.4, -0.2) is 38.0 Å². The molecular formula is C21H25N5OS. The van der Waals surface area contributed by atoms with Crippen molar-refractivity contribution in [2.75, 3.05) is 12.3 Å². The van der Waals surface area contributed by atoms with E-state index in [1.54, 1.807) is 12.4 Å². The maximum Gasteiger partial charge on any atom is 0.230 e.